The van der Waals surface area contributed by atoms with Crippen LogP contribution in [-0.4, -0.2) is 23.5 Å². The van der Waals surface area contributed by atoms with Gasteiger partial charge >= 0.3 is 0 Å². The van der Waals surface area contributed by atoms with Gasteiger partial charge in [-0.25, -0.2) is 4.98 Å². The summed E-state index contributed by atoms with van der Waals surface area (Å²) in [6.45, 7) is 6.73. The number of nitrogens with one attached hydrogen (secondary N) is 1. The molecule has 3 N–H and O–H groups in total. The number of nitrogens with zero attached hydrogens (tertiary/aromatic N) is 1. The summed E-state index contributed by atoms with van der Waals surface area (Å²) in [5.41, 5.74) is 8.24. The highest BCUT2D eigenvalue weighted by molar-refractivity contribution is 7.09. The molecule has 0 aliphatic heterocycles. The minimum absolute atomic E-state index is 0.222. The standard InChI is InChI=1S/C11H19N3OS/c1-7(2)10(11(12)15)13-5-4-9-8(3)14-6-16-9/h6-7,10,13H,4-5H2,1-3H3,(H2,12,15). The van der Waals surface area contributed by atoms with Gasteiger partial charge in [-0.1, -0.05) is 13.8 Å². The summed E-state index contributed by atoms with van der Waals surface area (Å²) in [4.78, 5) is 16.6. The number of primary amides is 1. The van der Waals surface area contributed by atoms with Gasteiger partial charge in [-0.15, -0.1) is 11.3 Å². The molecule has 1 unspecified atom stereocenters. The van der Waals surface area contributed by atoms with Crippen LogP contribution >= 0.6 is 11.3 Å². The second kappa shape index (κ2) is 5.96. The minimum Gasteiger partial charge on any atom is -0.368 e. The van der Waals surface area contributed by atoms with Crippen molar-refractivity contribution in [3.8, 4) is 0 Å². The predicted molar refractivity (Wildman–Crippen MR) is 66.4 cm³/mol. The molecule has 1 heterocycles. The van der Waals surface area contributed by atoms with E-state index in [0.717, 1.165) is 18.7 Å². The van der Waals surface area contributed by atoms with E-state index in [-0.39, 0.29) is 17.9 Å². The van der Waals surface area contributed by atoms with E-state index in [4.69, 9.17) is 5.73 Å². The molecule has 0 saturated carbocycles. The molecule has 1 rings (SSSR count). The first-order chi connectivity index (χ1) is 7.52. The topological polar surface area (TPSA) is 68.0 Å². The van der Waals surface area contributed by atoms with Crippen LogP contribution in [0.4, 0.5) is 0 Å². The van der Waals surface area contributed by atoms with Crippen molar-refractivity contribution in [3.05, 3.63) is 16.1 Å². The molecule has 1 aromatic heterocycles. The Morgan fingerprint density at radius 2 is 2.31 bits per heavy atom. The largest absolute Gasteiger partial charge is 0.368 e. The lowest BCUT2D eigenvalue weighted by Gasteiger charge is -2.18. The van der Waals surface area contributed by atoms with Crippen LogP contribution in [0.1, 0.15) is 24.4 Å². The van der Waals surface area contributed by atoms with Gasteiger partial charge in [0, 0.05) is 11.4 Å². The molecule has 1 atom stereocenters. The molecule has 1 aromatic rings. The maximum Gasteiger partial charge on any atom is 0.234 e. The molecular weight excluding hydrogens is 222 g/mol. The van der Waals surface area contributed by atoms with Crippen LogP contribution in [0.2, 0.25) is 0 Å². The normalized spacial score (nSPS) is 13.0. The SMILES string of the molecule is Cc1ncsc1CCNC(C(N)=O)C(C)C. The summed E-state index contributed by atoms with van der Waals surface area (Å²) < 4.78 is 0. The number of carbonyl (C=O) groups excluding carboxylic acids is 1. The van der Waals surface area contributed by atoms with E-state index in [1.807, 2.05) is 26.3 Å². The highest BCUT2D eigenvalue weighted by atomic mass is 32.1. The monoisotopic (exact) mass is 241 g/mol. The number of aromatic nitrogens is 1. The van der Waals surface area contributed by atoms with Gasteiger partial charge in [0.1, 0.15) is 0 Å². The highest BCUT2D eigenvalue weighted by Gasteiger charge is 2.18. The van der Waals surface area contributed by atoms with Gasteiger partial charge in [-0.3, -0.25) is 4.79 Å². The molecule has 5 heteroatoms. The molecule has 0 bridgehead atoms. The molecule has 0 aliphatic rings. The maximum atomic E-state index is 11.2. The van der Waals surface area contributed by atoms with Crippen molar-refractivity contribution >= 4 is 17.2 Å². The summed E-state index contributed by atoms with van der Waals surface area (Å²) in [6, 6.07) is -0.242. The molecule has 0 saturated heterocycles. The first kappa shape index (κ1) is 13.1. The Labute approximate surface area is 100 Å². The number of thiazole rings is 1. The number of aryl methyl sites for hydroxylation is 1. The lowest BCUT2D eigenvalue weighted by atomic mass is 10.0. The Kier molecular flexibility index (Phi) is 4.89. The molecule has 0 spiro atoms. The van der Waals surface area contributed by atoms with Gasteiger partial charge in [0.15, 0.2) is 0 Å². The van der Waals surface area contributed by atoms with Gasteiger partial charge in [0.05, 0.1) is 17.2 Å². The fourth-order valence-electron chi connectivity index (χ4n) is 1.57. The first-order valence-corrected chi connectivity index (χ1v) is 6.32. The average molecular weight is 241 g/mol. The first-order valence-electron chi connectivity index (χ1n) is 5.44. The van der Waals surface area contributed by atoms with Crippen LogP contribution in [0.15, 0.2) is 5.51 Å². The number of nitrogens with two attached hydrogens (primary N) is 1. The van der Waals surface area contributed by atoms with Gasteiger partial charge in [-0.05, 0) is 19.3 Å². The highest BCUT2D eigenvalue weighted by Crippen LogP contribution is 2.12. The van der Waals surface area contributed by atoms with Crippen molar-refractivity contribution in [2.24, 2.45) is 11.7 Å². The fourth-order valence-corrected chi connectivity index (χ4v) is 2.35. The summed E-state index contributed by atoms with van der Waals surface area (Å²) in [5, 5.41) is 3.19. The molecule has 0 radical (unpaired) electrons. The zero-order valence-corrected chi connectivity index (χ0v) is 10.8. The second-order valence-electron chi connectivity index (χ2n) is 4.19. The van der Waals surface area contributed by atoms with Crippen LogP contribution in [-0.2, 0) is 11.2 Å². The van der Waals surface area contributed by atoms with E-state index in [0.29, 0.717) is 0 Å². The van der Waals surface area contributed by atoms with E-state index in [1.54, 1.807) is 11.3 Å². The van der Waals surface area contributed by atoms with Crippen LogP contribution in [0.3, 0.4) is 0 Å². The molecule has 90 valence electrons. The lowest BCUT2D eigenvalue weighted by molar-refractivity contribution is -0.120. The summed E-state index contributed by atoms with van der Waals surface area (Å²) in [7, 11) is 0. The predicted octanol–water partition coefficient (Wildman–Crippen LogP) is 1.09. The van der Waals surface area contributed by atoms with Crippen LogP contribution < -0.4 is 11.1 Å². The summed E-state index contributed by atoms with van der Waals surface area (Å²) in [6.07, 6.45) is 0.896. The second-order valence-corrected chi connectivity index (χ2v) is 5.13. The zero-order valence-electron chi connectivity index (χ0n) is 9.99. The van der Waals surface area contributed by atoms with Crippen LogP contribution in [0.5, 0.6) is 0 Å². The number of carbonyl (C=O) groups is 1. The Morgan fingerprint density at radius 3 is 2.75 bits per heavy atom. The molecule has 16 heavy (non-hydrogen) atoms. The van der Waals surface area contributed by atoms with Crippen molar-refractivity contribution in [1.82, 2.24) is 10.3 Å². The van der Waals surface area contributed by atoms with E-state index in [9.17, 15) is 4.79 Å². The van der Waals surface area contributed by atoms with Crippen LogP contribution in [0, 0.1) is 12.8 Å². The average Bonchev–Trinajstić information content (AvgIpc) is 2.57. The molecule has 4 nitrogen and oxygen atoms in total. The third kappa shape index (κ3) is 3.57. The Morgan fingerprint density at radius 1 is 1.62 bits per heavy atom. The van der Waals surface area contributed by atoms with Crippen LogP contribution in [0.25, 0.3) is 0 Å². The Hall–Kier alpha value is -0.940. The van der Waals surface area contributed by atoms with E-state index >= 15 is 0 Å². The number of rotatable bonds is 6. The Bertz CT molecular complexity index is 349. The van der Waals surface area contributed by atoms with Gasteiger partial charge in [0.25, 0.3) is 0 Å². The van der Waals surface area contributed by atoms with E-state index in [1.165, 1.54) is 4.88 Å². The Balaban J connectivity index is 2.40. The fraction of sp³-hybridized carbons (Fsp3) is 0.636. The van der Waals surface area contributed by atoms with Gasteiger partial charge in [-0.2, -0.15) is 0 Å². The number of hydrogen-bond acceptors (Lipinski definition) is 4. The third-order valence-corrected chi connectivity index (χ3v) is 3.53. The summed E-state index contributed by atoms with van der Waals surface area (Å²) >= 11 is 1.65. The number of hydrogen-bond donors (Lipinski definition) is 2. The van der Waals surface area contributed by atoms with Crippen molar-refractivity contribution in [2.75, 3.05) is 6.54 Å². The molecular formula is C11H19N3OS. The van der Waals surface area contributed by atoms with E-state index in [2.05, 4.69) is 10.3 Å². The minimum atomic E-state index is -0.281. The lowest BCUT2D eigenvalue weighted by Crippen LogP contribution is -2.45. The maximum absolute atomic E-state index is 11.2. The molecule has 0 fully saturated rings. The molecule has 1 amide bonds. The smallest absolute Gasteiger partial charge is 0.234 e. The van der Waals surface area contributed by atoms with Crippen molar-refractivity contribution in [2.45, 2.75) is 33.2 Å². The number of amides is 1. The quantitative estimate of drug-likeness (QED) is 0.783. The zero-order chi connectivity index (χ0) is 12.1. The van der Waals surface area contributed by atoms with Crippen molar-refractivity contribution < 1.29 is 4.79 Å². The van der Waals surface area contributed by atoms with Crippen molar-refractivity contribution in [1.29, 1.82) is 0 Å². The van der Waals surface area contributed by atoms with Crippen molar-refractivity contribution in [3.63, 3.8) is 0 Å². The van der Waals surface area contributed by atoms with E-state index < -0.39 is 0 Å². The van der Waals surface area contributed by atoms with Gasteiger partial charge in [0.2, 0.25) is 5.91 Å². The van der Waals surface area contributed by atoms with Gasteiger partial charge < -0.3 is 11.1 Å². The third-order valence-electron chi connectivity index (χ3n) is 2.53. The molecule has 0 aromatic carbocycles. The molecule has 0 aliphatic carbocycles. The summed E-state index contributed by atoms with van der Waals surface area (Å²) in [5.74, 6) is -0.0592.